The molecule has 1 amide bonds. The van der Waals surface area contributed by atoms with Gasteiger partial charge < -0.3 is 14.6 Å². The third kappa shape index (κ3) is 3.55. The number of ether oxygens (including phenoxy) is 1. The van der Waals surface area contributed by atoms with E-state index < -0.39 is 12.0 Å². The minimum Gasteiger partial charge on any atom is -0.367 e. The number of nitrogens with zero attached hydrogens (tertiary/aromatic N) is 1. The molecular weight excluding hydrogens is 358 g/mol. The zero-order valence-corrected chi connectivity index (χ0v) is 15.2. The maximum atomic E-state index is 13.1. The van der Waals surface area contributed by atoms with Crippen molar-refractivity contribution in [2.45, 2.75) is 12.6 Å². The van der Waals surface area contributed by atoms with Gasteiger partial charge in [0.15, 0.2) is 0 Å². The second-order valence-corrected chi connectivity index (χ2v) is 6.74. The van der Waals surface area contributed by atoms with Crippen molar-refractivity contribution in [2.75, 3.05) is 19.7 Å². The number of carbonyl (C=O) groups excluding carboxylic acids is 2. The molecule has 7 nitrogen and oxygen atoms in total. The smallest absolute Gasteiger partial charge is 0.274 e. The highest BCUT2D eigenvalue weighted by Gasteiger charge is 2.26. The third-order valence-electron chi connectivity index (χ3n) is 4.94. The number of ketones is 1. The third-order valence-corrected chi connectivity index (χ3v) is 4.94. The number of benzene rings is 2. The molecule has 1 atom stereocenters. The number of amides is 1. The summed E-state index contributed by atoms with van der Waals surface area (Å²) in [6, 6.07) is 16.7. The first-order valence-corrected chi connectivity index (χ1v) is 9.15. The number of carbonyl (C=O) groups is 2. The first kappa shape index (κ1) is 18.4. The second kappa shape index (κ2) is 7.93. The first-order valence-electron chi connectivity index (χ1n) is 9.15. The Hall–Kier alpha value is -3.00. The van der Waals surface area contributed by atoms with E-state index in [1.54, 1.807) is 17.6 Å². The van der Waals surface area contributed by atoms with Crippen LogP contribution in [-0.2, 0) is 11.3 Å². The van der Waals surface area contributed by atoms with Crippen LogP contribution in [0.3, 0.4) is 0 Å². The molecule has 1 fully saturated rings. The van der Waals surface area contributed by atoms with E-state index in [4.69, 9.17) is 9.94 Å². The van der Waals surface area contributed by atoms with Gasteiger partial charge in [0.05, 0.1) is 12.3 Å². The van der Waals surface area contributed by atoms with Crippen LogP contribution in [0.5, 0.6) is 0 Å². The van der Waals surface area contributed by atoms with E-state index >= 15 is 0 Å². The van der Waals surface area contributed by atoms with Crippen LogP contribution in [0, 0.1) is 0 Å². The Bertz CT molecular complexity index is 1000. The highest BCUT2D eigenvalue weighted by molar-refractivity contribution is 6.03. The Morgan fingerprint density at radius 1 is 1.18 bits per heavy atom. The molecule has 2 heterocycles. The molecule has 1 saturated heterocycles. The van der Waals surface area contributed by atoms with E-state index in [9.17, 15) is 9.59 Å². The van der Waals surface area contributed by atoms with Gasteiger partial charge in [0.25, 0.3) is 5.91 Å². The molecule has 3 aromatic rings. The first-order chi connectivity index (χ1) is 13.7. The van der Waals surface area contributed by atoms with Crippen molar-refractivity contribution in [1.82, 2.24) is 15.4 Å². The van der Waals surface area contributed by atoms with E-state index in [0.29, 0.717) is 31.0 Å². The number of aromatic nitrogens is 1. The van der Waals surface area contributed by atoms with Crippen LogP contribution in [0.15, 0.2) is 54.6 Å². The van der Waals surface area contributed by atoms with Crippen LogP contribution in [0.1, 0.15) is 26.4 Å². The summed E-state index contributed by atoms with van der Waals surface area (Å²) in [6.07, 6.45) is -0.493. The number of hydroxylamine groups is 1. The summed E-state index contributed by atoms with van der Waals surface area (Å²) in [7, 11) is 0. The molecule has 2 aromatic carbocycles. The standard InChI is InChI=1S/C21H21N3O4/c25-20(19-12-22-9-10-28-19)18-11-16-3-1-2-4-17(16)24(18)13-14-5-7-15(8-6-14)21(26)23-27/h1-8,11,19,22,27H,9-10,12-13H2,(H,23,26). The number of hydrogen-bond acceptors (Lipinski definition) is 5. The van der Waals surface area contributed by atoms with Crippen molar-refractivity contribution in [3.8, 4) is 0 Å². The molecule has 28 heavy (non-hydrogen) atoms. The molecule has 3 N–H and O–H groups in total. The number of para-hydroxylation sites is 1. The highest BCUT2D eigenvalue weighted by atomic mass is 16.5. The van der Waals surface area contributed by atoms with E-state index in [1.807, 2.05) is 47.0 Å². The zero-order valence-electron chi connectivity index (χ0n) is 15.2. The molecular formula is C21H21N3O4. The number of hydrogen-bond donors (Lipinski definition) is 3. The minimum absolute atomic E-state index is 0.0420. The molecule has 0 spiro atoms. The fourth-order valence-corrected chi connectivity index (χ4v) is 3.49. The molecule has 144 valence electrons. The average Bonchev–Trinajstić information content (AvgIpc) is 3.12. The van der Waals surface area contributed by atoms with Crippen molar-refractivity contribution in [1.29, 1.82) is 0 Å². The average molecular weight is 379 g/mol. The monoisotopic (exact) mass is 379 g/mol. The lowest BCUT2D eigenvalue weighted by atomic mass is 10.1. The summed E-state index contributed by atoms with van der Waals surface area (Å²) in [5.74, 6) is -0.601. The van der Waals surface area contributed by atoms with Crippen LogP contribution in [-0.4, -0.2) is 47.3 Å². The summed E-state index contributed by atoms with van der Waals surface area (Å²) in [4.78, 5) is 24.6. The number of fused-ring (bicyclic) bond motifs is 1. The Morgan fingerprint density at radius 2 is 1.96 bits per heavy atom. The molecule has 1 aliphatic heterocycles. The van der Waals surface area contributed by atoms with E-state index in [1.165, 1.54) is 0 Å². The van der Waals surface area contributed by atoms with E-state index in [2.05, 4.69) is 5.32 Å². The van der Waals surface area contributed by atoms with Gasteiger partial charge in [-0.3, -0.25) is 14.8 Å². The van der Waals surface area contributed by atoms with Crippen molar-refractivity contribution in [2.24, 2.45) is 0 Å². The Labute approximate surface area is 161 Å². The van der Waals surface area contributed by atoms with Crippen LogP contribution in [0.2, 0.25) is 0 Å². The van der Waals surface area contributed by atoms with Gasteiger partial charge in [0.1, 0.15) is 6.10 Å². The summed E-state index contributed by atoms with van der Waals surface area (Å²) in [5, 5.41) is 12.9. The lowest BCUT2D eigenvalue weighted by Crippen LogP contribution is -2.43. The summed E-state index contributed by atoms with van der Waals surface area (Å²) >= 11 is 0. The number of Topliss-reactive ketones (excluding diaryl/α,β-unsaturated/α-hetero) is 1. The Balaban J connectivity index is 1.69. The predicted molar refractivity (Wildman–Crippen MR) is 104 cm³/mol. The largest absolute Gasteiger partial charge is 0.367 e. The van der Waals surface area contributed by atoms with Crippen molar-refractivity contribution >= 4 is 22.6 Å². The lowest BCUT2D eigenvalue weighted by Gasteiger charge is -2.23. The molecule has 1 unspecified atom stereocenters. The van der Waals surface area contributed by atoms with Gasteiger partial charge >= 0.3 is 0 Å². The lowest BCUT2D eigenvalue weighted by molar-refractivity contribution is 0.0263. The van der Waals surface area contributed by atoms with E-state index in [0.717, 1.165) is 23.0 Å². The van der Waals surface area contributed by atoms with Crippen molar-refractivity contribution in [3.63, 3.8) is 0 Å². The number of nitrogens with one attached hydrogen (secondary N) is 2. The normalized spacial score (nSPS) is 16.8. The van der Waals surface area contributed by atoms with Crippen LogP contribution >= 0.6 is 0 Å². The molecule has 0 aliphatic carbocycles. The van der Waals surface area contributed by atoms with Crippen LogP contribution in [0.4, 0.5) is 0 Å². The molecule has 0 bridgehead atoms. The van der Waals surface area contributed by atoms with Gasteiger partial charge in [0.2, 0.25) is 5.78 Å². The molecule has 1 aromatic heterocycles. The molecule has 7 heteroatoms. The fourth-order valence-electron chi connectivity index (χ4n) is 3.49. The highest BCUT2D eigenvalue weighted by Crippen LogP contribution is 2.23. The SMILES string of the molecule is O=C(NO)c1ccc(Cn2c(C(=O)C3CNCCO3)cc3ccccc32)cc1. The van der Waals surface area contributed by atoms with Crippen LogP contribution < -0.4 is 10.8 Å². The molecule has 1 aliphatic rings. The van der Waals surface area contributed by atoms with Crippen molar-refractivity contribution in [3.05, 3.63) is 71.4 Å². The van der Waals surface area contributed by atoms with Gasteiger partial charge in [-0.25, -0.2) is 5.48 Å². The molecule has 0 radical (unpaired) electrons. The topological polar surface area (TPSA) is 92.6 Å². The second-order valence-electron chi connectivity index (χ2n) is 6.74. The van der Waals surface area contributed by atoms with Gasteiger partial charge in [-0.1, -0.05) is 30.3 Å². The molecule has 4 rings (SSSR count). The summed E-state index contributed by atoms with van der Waals surface area (Å²) < 4.78 is 7.64. The maximum Gasteiger partial charge on any atom is 0.274 e. The predicted octanol–water partition coefficient (Wildman–Crippen LogP) is 1.98. The Kier molecular flexibility index (Phi) is 5.21. The minimum atomic E-state index is -0.559. The van der Waals surface area contributed by atoms with E-state index in [-0.39, 0.29) is 5.78 Å². The van der Waals surface area contributed by atoms with Gasteiger partial charge in [-0.05, 0) is 29.8 Å². The summed E-state index contributed by atoms with van der Waals surface area (Å²) in [5.41, 5.74) is 4.49. The fraction of sp³-hybridized carbons (Fsp3) is 0.238. The number of morpholine rings is 1. The Morgan fingerprint density at radius 3 is 2.68 bits per heavy atom. The van der Waals surface area contributed by atoms with Gasteiger partial charge in [0, 0.05) is 36.1 Å². The van der Waals surface area contributed by atoms with Crippen molar-refractivity contribution < 1.29 is 19.5 Å². The summed E-state index contributed by atoms with van der Waals surface area (Å²) in [6.45, 7) is 2.26. The molecule has 0 saturated carbocycles. The number of rotatable bonds is 5. The maximum absolute atomic E-state index is 13.1. The zero-order chi connectivity index (χ0) is 19.5. The van der Waals surface area contributed by atoms with Gasteiger partial charge in [-0.2, -0.15) is 0 Å². The quantitative estimate of drug-likeness (QED) is 0.358. The van der Waals surface area contributed by atoms with Gasteiger partial charge in [-0.15, -0.1) is 0 Å². The van der Waals surface area contributed by atoms with Crippen LogP contribution in [0.25, 0.3) is 10.9 Å².